The fourth-order valence-electron chi connectivity index (χ4n) is 1.92. The predicted octanol–water partition coefficient (Wildman–Crippen LogP) is 3.59. The van der Waals surface area contributed by atoms with Crippen molar-refractivity contribution in [1.29, 1.82) is 0 Å². The smallest absolute Gasteiger partial charge is 0.408 e. The van der Waals surface area contributed by atoms with E-state index in [-0.39, 0.29) is 12.4 Å². The van der Waals surface area contributed by atoms with E-state index in [1.807, 2.05) is 5.32 Å². The number of amides is 2. The first-order chi connectivity index (χ1) is 10.8. The first-order valence-corrected chi connectivity index (χ1v) is 6.88. The molecule has 0 spiro atoms. The van der Waals surface area contributed by atoms with Gasteiger partial charge in [0, 0.05) is 6.42 Å². The number of nitrogens with zero attached hydrogens (tertiary/aromatic N) is 1. The molecule has 0 saturated heterocycles. The van der Waals surface area contributed by atoms with Gasteiger partial charge in [-0.15, -0.1) is 0 Å². The SMILES string of the molecule is Cc1nc(NC(=O)NC(Cc2ccccc2)C(F)(F)F)oc1C. The Bertz CT molecular complexity index is 649. The van der Waals surface area contributed by atoms with Gasteiger partial charge in [0.1, 0.15) is 11.8 Å². The summed E-state index contributed by atoms with van der Waals surface area (Å²) in [4.78, 5) is 15.6. The van der Waals surface area contributed by atoms with Crippen LogP contribution in [0.2, 0.25) is 0 Å². The third kappa shape index (κ3) is 4.73. The standard InChI is InChI=1S/C15H16F3N3O2/c1-9-10(2)23-14(19-9)21-13(22)20-12(15(16,17)18)8-11-6-4-3-5-7-11/h3-7,12H,8H2,1-2H3,(H2,19,20,21,22). The van der Waals surface area contributed by atoms with Crippen LogP contribution in [0.3, 0.4) is 0 Å². The van der Waals surface area contributed by atoms with Crippen LogP contribution in [0.15, 0.2) is 34.7 Å². The molecule has 23 heavy (non-hydrogen) atoms. The topological polar surface area (TPSA) is 67.2 Å². The van der Waals surface area contributed by atoms with Crippen molar-refractivity contribution in [1.82, 2.24) is 10.3 Å². The summed E-state index contributed by atoms with van der Waals surface area (Å²) in [7, 11) is 0. The van der Waals surface area contributed by atoms with Gasteiger partial charge in [0.25, 0.3) is 0 Å². The van der Waals surface area contributed by atoms with E-state index in [4.69, 9.17) is 4.42 Å². The van der Waals surface area contributed by atoms with Crippen LogP contribution in [0.25, 0.3) is 0 Å². The Hall–Kier alpha value is -2.51. The lowest BCUT2D eigenvalue weighted by molar-refractivity contribution is -0.152. The number of benzene rings is 1. The zero-order chi connectivity index (χ0) is 17.0. The number of hydrogen-bond donors (Lipinski definition) is 2. The van der Waals surface area contributed by atoms with Gasteiger partial charge in [-0.1, -0.05) is 30.3 Å². The molecule has 0 fully saturated rings. The first kappa shape index (κ1) is 16.9. The lowest BCUT2D eigenvalue weighted by atomic mass is 10.1. The quantitative estimate of drug-likeness (QED) is 0.902. The van der Waals surface area contributed by atoms with Crippen LogP contribution in [-0.4, -0.2) is 23.2 Å². The van der Waals surface area contributed by atoms with Gasteiger partial charge in [0.2, 0.25) is 0 Å². The Labute approximate surface area is 130 Å². The van der Waals surface area contributed by atoms with Crippen LogP contribution in [0.4, 0.5) is 24.0 Å². The minimum atomic E-state index is -4.57. The number of carbonyl (C=O) groups is 1. The molecule has 2 amide bonds. The molecular formula is C15H16F3N3O2. The summed E-state index contributed by atoms with van der Waals surface area (Å²) in [6, 6.07) is 4.95. The van der Waals surface area contributed by atoms with E-state index >= 15 is 0 Å². The van der Waals surface area contributed by atoms with Crippen molar-refractivity contribution in [3.05, 3.63) is 47.3 Å². The molecule has 1 aromatic heterocycles. The summed E-state index contributed by atoms with van der Waals surface area (Å²) < 4.78 is 44.4. The number of nitrogens with one attached hydrogen (secondary N) is 2. The summed E-state index contributed by atoms with van der Waals surface area (Å²) in [5.74, 6) is 0.483. The highest BCUT2D eigenvalue weighted by molar-refractivity contribution is 5.87. The maximum atomic E-state index is 13.1. The number of hydrogen-bond acceptors (Lipinski definition) is 3. The zero-order valence-corrected chi connectivity index (χ0v) is 12.6. The van der Waals surface area contributed by atoms with Gasteiger partial charge in [-0.25, -0.2) is 4.79 Å². The lowest BCUT2D eigenvalue weighted by Crippen LogP contribution is -2.48. The number of rotatable bonds is 4. The summed E-state index contributed by atoms with van der Waals surface area (Å²) in [5.41, 5.74) is 1.02. The van der Waals surface area contributed by atoms with Crippen LogP contribution in [0, 0.1) is 13.8 Å². The van der Waals surface area contributed by atoms with Crippen LogP contribution in [-0.2, 0) is 6.42 Å². The number of aromatic nitrogens is 1. The molecule has 1 aromatic carbocycles. The Morgan fingerprint density at radius 3 is 2.43 bits per heavy atom. The van der Waals surface area contributed by atoms with E-state index in [1.54, 1.807) is 44.2 Å². The summed E-state index contributed by atoms with van der Waals surface area (Å²) in [6.07, 6.45) is -4.93. The Morgan fingerprint density at radius 2 is 1.91 bits per heavy atom. The van der Waals surface area contributed by atoms with E-state index < -0.39 is 18.2 Å². The van der Waals surface area contributed by atoms with E-state index in [0.717, 1.165) is 0 Å². The van der Waals surface area contributed by atoms with Gasteiger partial charge < -0.3 is 9.73 Å². The number of aryl methyl sites for hydroxylation is 2. The Morgan fingerprint density at radius 1 is 1.26 bits per heavy atom. The second-order valence-corrected chi connectivity index (χ2v) is 5.04. The monoisotopic (exact) mass is 327 g/mol. The van der Waals surface area contributed by atoms with Crippen molar-refractivity contribution < 1.29 is 22.4 Å². The average molecular weight is 327 g/mol. The second kappa shape index (κ2) is 6.72. The van der Waals surface area contributed by atoms with Gasteiger partial charge in [0.15, 0.2) is 0 Å². The van der Waals surface area contributed by atoms with Crippen molar-refractivity contribution in [2.45, 2.75) is 32.5 Å². The van der Waals surface area contributed by atoms with E-state index in [0.29, 0.717) is 17.0 Å². The molecule has 5 nitrogen and oxygen atoms in total. The van der Waals surface area contributed by atoms with E-state index in [1.165, 1.54) is 0 Å². The molecule has 2 N–H and O–H groups in total. The molecule has 2 rings (SSSR count). The highest BCUT2D eigenvalue weighted by atomic mass is 19.4. The lowest BCUT2D eigenvalue weighted by Gasteiger charge is -2.21. The fourth-order valence-corrected chi connectivity index (χ4v) is 1.92. The molecule has 124 valence electrons. The highest BCUT2D eigenvalue weighted by Gasteiger charge is 2.40. The number of carbonyl (C=O) groups excluding carboxylic acids is 1. The molecule has 0 aliphatic heterocycles. The molecule has 1 atom stereocenters. The van der Waals surface area contributed by atoms with Gasteiger partial charge in [-0.3, -0.25) is 5.32 Å². The summed E-state index contributed by atoms with van der Waals surface area (Å²) in [6.45, 7) is 3.30. The van der Waals surface area contributed by atoms with Crippen molar-refractivity contribution in [3.63, 3.8) is 0 Å². The number of oxazole rings is 1. The molecule has 0 aliphatic rings. The van der Waals surface area contributed by atoms with Crippen LogP contribution < -0.4 is 10.6 Å². The van der Waals surface area contributed by atoms with Gasteiger partial charge in [0.05, 0.1) is 5.69 Å². The van der Waals surface area contributed by atoms with Crippen LogP contribution in [0.5, 0.6) is 0 Å². The maximum absolute atomic E-state index is 13.1. The second-order valence-electron chi connectivity index (χ2n) is 5.04. The van der Waals surface area contributed by atoms with Crippen LogP contribution in [0.1, 0.15) is 17.0 Å². The number of halogens is 3. The predicted molar refractivity (Wildman–Crippen MR) is 78.1 cm³/mol. The van der Waals surface area contributed by atoms with Crippen molar-refractivity contribution in [2.75, 3.05) is 5.32 Å². The number of anilines is 1. The molecule has 1 heterocycles. The molecule has 0 aliphatic carbocycles. The Balaban J connectivity index is 2.04. The largest absolute Gasteiger partial charge is 0.428 e. The van der Waals surface area contributed by atoms with E-state index in [2.05, 4.69) is 10.3 Å². The van der Waals surface area contributed by atoms with Gasteiger partial charge in [-0.05, 0) is 19.4 Å². The normalized spacial score (nSPS) is 12.7. The fraction of sp³-hybridized carbons (Fsp3) is 0.333. The molecule has 0 radical (unpaired) electrons. The molecule has 2 aromatic rings. The Kier molecular flexibility index (Phi) is 4.92. The highest BCUT2D eigenvalue weighted by Crippen LogP contribution is 2.23. The molecule has 1 unspecified atom stereocenters. The number of alkyl halides is 3. The minimum Gasteiger partial charge on any atom is -0.428 e. The third-order valence-electron chi connectivity index (χ3n) is 3.23. The maximum Gasteiger partial charge on any atom is 0.408 e. The molecule has 8 heteroatoms. The summed E-state index contributed by atoms with van der Waals surface area (Å²) in [5, 5.41) is 4.07. The molecule has 0 bridgehead atoms. The molecular weight excluding hydrogens is 311 g/mol. The van der Waals surface area contributed by atoms with Crippen LogP contribution >= 0.6 is 0 Å². The average Bonchev–Trinajstić information content (AvgIpc) is 2.76. The van der Waals surface area contributed by atoms with Crippen molar-refractivity contribution in [3.8, 4) is 0 Å². The van der Waals surface area contributed by atoms with Gasteiger partial charge >= 0.3 is 18.2 Å². The minimum absolute atomic E-state index is 0.141. The summed E-state index contributed by atoms with van der Waals surface area (Å²) >= 11 is 0. The van der Waals surface area contributed by atoms with Gasteiger partial charge in [-0.2, -0.15) is 18.2 Å². The van der Waals surface area contributed by atoms with Crippen molar-refractivity contribution in [2.24, 2.45) is 0 Å². The zero-order valence-electron chi connectivity index (χ0n) is 12.6. The van der Waals surface area contributed by atoms with Crippen molar-refractivity contribution >= 4 is 12.0 Å². The van der Waals surface area contributed by atoms with E-state index in [9.17, 15) is 18.0 Å². The first-order valence-electron chi connectivity index (χ1n) is 6.88. The number of urea groups is 1. The molecule has 0 saturated carbocycles. The third-order valence-corrected chi connectivity index (χ3v) is 3.23.